The molecule has 1 aromatic heterocycles. The summed E-state index contributed by atoms with van der Waals surface area (Å²) >= 11 is 0. The first-order valence-corrected chi connectivity index (χ1v) is 22.4. The maximum atomic E-state index is 15.0. The number of aryl methyl sites for hydroxylation is 1. The van der Waals surface area contributed by atoms with Crippen molar-refractivity contribution in [2.75, 3.05) is 20.3 Å². The van der Waals surface area contributed by atoms with Gasteiger partial charge < -0.3 is 39.2 Å². The summed E-state index contributed by atoms with van der Waals surface area (Å²) in [6.07, 6.45) is 0.220. The molecule has 5 aliphatic rings. The molecule has 7 rings (SSSR count). The van der Waals surface area contributed by atoms with E-state index in [4.69, 9.17) is 28.7 Å². The summed E-state index contributed by atoms with van der Waals surface area (Å²) in [4.78, 5) is 62.9. The van der Waals surface area contributed by atoms with Crippen LogP contribution >= 0.6 is 0 Å². The number of nitrogens with zero attached hydrogens (tertiary/aromatic N) is 2. The molecule has 0 unspecified atom stereocenters. The summed E-state index contributed by atoms with van der Waals surface area (Å²) in [5, 5.41) is 6.74. The van der Waals surface area contributed by atoms with Crippen LogP contribution in [0.5, 0.6) is 17.5 Å². The van der Waals surface area contributed by atoms with Gasteiger partial charge in [0.2, 0.25) is 33.6 Å². The first kappa shape index (κ1) is 44.3. The summed E-state index contributed by atoms with van der Waals surface area (Å²) < 4.78 is 84.7. The Bertz CT molecular complexity index is 2200. The van der Waals surface area contributed by atoms with Crippen LogP contribution in [0.3, 0.4) is 0 Å². The number of aromatic nitrogens is 1. The molecule has 2 saturated carbocycles. The van der Waals surface area contributed by atoms with Crippen molar-refractivity contribution < 1.29 is 60.1 Å². The average molecular weight is 876 g/mol. The molecule has 1 aromatic carbocycles. The number of fused-ring (bicyclic) bond motifs is 5. The highest BCUT2D eigenvalue weighted by Gasteiger charge is 2.63. The lowest BCUT2D eigenvalue weighted by Crippen LogP contribution is -2.61. The third-order valence-electron chi connectivity index (χ3n) is 12.5. The van der Waals surface area contributed by atoms with Crippen LogP contribution in [-0.4, -0.2) is 115 Å². The Balaban J connectivity index is 1.26. The molecule has 2 aliphatic carbocycles. The highest BCUT2D eigenvalue weighted by Crippen LogP contribution is 2.48. The second-order valence-corrected chi connectivity index (χ2v) is 19.7. The van der Waals surface area contributed by atoms with Crippen molar-refractivity contribution in [2.45, 2.75) is 145 Å². The van der Waals surface area contributed by atoms with E-state index in [1.807, 2.05) is 12.1 Å². The van der Waals surface area contributed by atoms with Crippen LogP contribution in [0, 0.1) is 5.92 Å². The van der Waals surface area contributed by atoms with Crippen LogP contribution in [-0.2, 0) is 40.3 Å². The number of methoxy groups -OCH3 is 1. The van der Waals surface area contributed by atoms with Gasteiger partial charge in [-0.25, -0.2) is 22.0 Å². The minimum Gasteiger partial charge on any atom is -0.497 e. The fraction of sp³-hybridized carbons (Fsp3) is 0.643. The topological polar surface area (TPSA) is 201 Å². The molecular formula is C42H55F2N5O11S. The van der Waals surface area contributed by atoms with Gasteiger partial charge >= 0.3 is 6.09 Å². The van der Waals surface area contributed by atoms with E-state index in [1.54, 1.807) is 46.1 Å². The number of carbonyl (C=O) groups is 4. The fourth-order valence-electron chi connectivity index (χ4n) is 8.19. The molecule has 0 bridgehead atoms. The normalized spacial score (nSPS) is 28.8. The van der Waals surface area contributed by atoms with Gasteiger partial charge in [-0.05, 0) is 103 Å². The lowest BCUT2D eigenvalue weighted by molar-refractivity contribution is -0.145. The Hall–Kier alpha value is -4.78. The summed E-state index contributed by atoms with van der Waals surface area (Å²) in [6, 6.07) is 2.56. The van der Waals surface area contributed by atoms with E-state index >= 15 is 0 Å². The number of sulfonamides is 1. The Morgan fingerprint density at radius 1 is 1.18 bits per heavy atom. The Labute approximate surface area is 353 Å². The number of alkyl halides is 2. The number of pyridine rings is 1. The number of allylic oxidation sites excluding steroid dienone is 1. The van der Waals surface area contributed by atoms with E-state index in [0.717, 1.165) is 31.2 Å². The number of halogens is 2. The number of hydrogen-bond donors (Lipinski definition) is 3. The van der Waals surface area contributed by atoms with Gasteiger partial charge in [-0.3, -0.25) is 19.1 Å². The van der Waals surface area contributed by atoms with Crippen LogP contribution in [0.1, 0.15) is 91.5 Å². The molecule has 16 nitrogen and oxygen atoms in total. The van der Waals surface area contributed by atoms with Crippen molar-refractivity contribution in [1.29, 1.82) is 0 Å². The van der Waals surface area contributed by atoms with Gasteiger partial charge in [-0.2, -0.15) is 4.98 Å². The van der Waals surface area contributed by atoms with Crippen molar-refractivity contribution in [3.8, 4) is 17.5 Å². The molecule has 1 saturated heterocycles. The standard InChI is InChI=1S/C42H55F2N5O11S/c1-7-31-32(45-39(53)60-40(3,4)37(43)44)36(51)49-22-26(59-35-28-15-14-25(56-6)19-29(28)27-13-10-18-57-34(27)46-35)20-30(49)33(50)47-42(21-24(42)12-9-8-11-23(2)58-31)38(52)48-61(54,55)41(5)16-17-41/h9,12,14-15,19,23-24,26,30-32,37H,7-8,10-11,13,16-18,20-22H2,1-6H3,(H,45,53)(H,47,50)(H,48,52)/t23-,24-,26-,30+,31+,32+,42-/m1/s1. The average Bonchev–Trinajstić information content (AvgIpc) is 4.10. The van der Waals surface area contributed by atoms with Crippen LogP contribution in [0.25, 0.3) is 10.8 Å². The van der Waals surface area contributed by atoms with E-state index in [1.165, 1.54) is 4.90 Å². The number of alkyl carbamates (subject to hydrolysis) is 1. The largest absolute Gasteiger partial charge is 0.497 e. The Morgan fingerprint density at radius 3 is 2.62 bits per heavy atom. The molecular weight excluding hydrogens is 821 g/mol. The number of nitrogens with one attached hydrogen (secondary N) is 3. The lowest BCUT2D eigenvalue weighted by Gasteiger charge is -2.34. The second kappa shape index (κ2) is 16.8. The van der Waals surface area contributed by atoms with Crippen molar-refractivity contribution in [3.63, 3.8) is 0 Å². The van der Waals surface area contributed by atoms with Gasteiger partial charge in [-0.1, -0.05) is 19.1 Å². The van der Waals surface area contributed by atoms with E-state index in [0.29, 0.717) is 55.7 Å². The van der Waals surface area contributed by atoms with Gasteiger partial charge in [-0.15, -0.1) is 0 Å². The second-order valence-electron chi connectivity index (χ2n) is 17.5. The predicted octanol–water partition coefficient (Wildman–Crippen LogP) is 4.46. The number of carbonyl (C=O) groups excluding carboxylic acids is 4. The minimum absolute atomic E-state index is 0.0995. The molecule has 0 radical (unpaired) electrons. The molecule has 4 amide bonds. The third-order valence-corrected chi connectivity index (χ3v) is 14.6. The van der Waals surface area contributed by atoms with Gasteiger partial charge in [0.05, 0.1) is 37.2 Å². The lowest BCUT2D eigenvalue weighted by atomic mass is 10.0. The number of rotatable bonds is 10. The van der Waals surface area contributed by atoms with E-state index in [-0.39, 0.29) is 31.7 Å². The van der Waals surface area contributed by atoms with Crippen LogP contribution in [0.4, 0.5) is 13.6 Å². The van der Waals surface area contributed by atoms with Gasteiger partial charge in [0.25, 0.3) is 12.3 Å². The quantitative estimate of drug-likeness (QED) is 0.284. The number of benzene rings is 1. The summed E-state index contributed by atoms with van der Waals surface area (Å²) in [5.41, 5.74) is -2.98. The van der Waals surface area contributed by atoms with E-state index in [9.17, 15) is 36.4 Å². The van der Waals surface area contributed by atoms with E-state index in [2.05, 4.69) is 15.4 Å². The maximum absolute atomic E-state index is 15.0. The highest BCUT2D eigenvalue weighted by atomic mass is 32.2. The van der Waals surface area contributed by atoms with Crippen molar-refractivity contribution in [2.24, 2.45) is 5.92 Å². The molecule has 3 fully saturated rings. The minimum atomic E-state index is -4.08. The van der Waals surface area contributed by atoms with Gasteiger partial charge in [0.1, 0.15) is 29.5 Å². The molecule has 0 spiro atoms. The van der Waals surface area contributed by atoms with Crippen LogP contribution in [0.15, 0.2) is 30.4 Å². The molecule has 3 N–H and O–H groups in total. The Morgan fingerprint density at radius 2 is 1.93 bits per heavy atom. The molecule has 7 atom stereocenters. The van der Waals surface area contributed by atoms with Crippen LogP contribution < -0.4 is 29.6 Å². The number of amides is 4. The van der Waals surface area contributed by atoms with Crippen LogP contribution in [0.2, 0.25) is 0 Å². The molecule has 334 valence electrons. The smallest absolute Gasteiger partial charge is 0.408 e. The SMILES string of the molecule is CC[C@@H]1O[C@H](C)CCC=C[C@@H]2C[C@@]2(C(=O)NS(=O)(=O)C2(C)CC2)NC(=O)[C@@H]2C[C@@H](Oc3nc4c(c5cc(OC)ccc35)CCCO4)CN2C(=O)[C@H]1NC(=O)OC(C)(C)C(F)F. The third kappa shape index (κ3) is 8.95. The molecule has 61 heavy (non-hydrogen) atoms. The van der Waals surface area contributed by atoms with E-state index < -0.39 is 92.5 Å². The monoisotopic (exact) mass is 875 g/mol. The van der Waals surface area contributed by atoms with Crippen molar-refractivity contribution in [1.82, 2.24) is 25.2 Å². The summed E-state index contributed by atoms with van der Waals surface area (Å²) in [7, 11) is -2.53. The van der Waals surface area contributed by atoms with Crippen molar-refractivity contribution in [3.05, 3.63) is 35.9 Å². The van der Waals surface area contributed by atoms with Gasteiger partial charge in [0.15, 0.2) is 5.60 Å². The maximum Gasteiger partial charge on any atom is 0.408 e. The highest BCUT2D eigenvalue weighted by molar-refractivity contribution is 7.91. The first-order chi connectivity index (χ1) is 28.8. The summed E-state index contributed by atoms with van der Waals surface area (Å²) in [6.45, 7) is 7.37. The predicted molar refractivity (Wildman–Crippen MR) is 217 cm³/mol. The fourth-order valence-corrected chi connectivity index (χ4v) is 9.50. The Kier molecular flexibility index (Phi) is 12.2. The number of hydrogen-bond acceptors (Lipinski definition) is 12. The molecule has 3 aliphatic heterocycles. The summed E-state index contributed by atoms with van der Waals surface area (Å²) in [5.74, 6) is -1.85. The molecule has 2 aromatic rings. The van der Waals surface area contributed by atoms with Gasteiger partial charge in [0, 0.05) is 23.3 Å². The first-order valence-electron chi connectivity index (χ1n) is 20.9. The zero-order valence-corrected chi connectivity index (χ0v) is 36.1. The zero-order valence-electron chi connectivity index (χ0n) is 35.3. The molecule has 19 heteroatoms. The zero-order chi connectivity index (χ0) is 44.1. The number of ether oxygens (including phenoxy) is 5. The molecule has 4 heterocycles. The van der Waals surface area contributed by atoms with Crippen molar-refractivity contribution >= 4 is 44.6 Å².